The summed E-state index contributed by atoms with van der Waals surface area (Å²) in [6.45, 7) is -0.0176. The molecule has 2 amide bonds. The molecule has 2 N–H and O–H groups in total. The lowest BCUT2D eigenvalue weighted by Crippen LogP contribution is -2.27. The highest BCUT2D eigenvalue weighted by Gasteiger charge is 2.51. The minimum atomic E-state index is -0.486. The van der Waals surface area contributed by atoms with Gasteiger partial charge in [-0.3, -0.25) is 9.59 Å². The summed E-state index contributed by atoms with van der Waals surface area (Å²) in [6.07, 6.45) is 1.62. The number of amides is 2. The van der Waals surface area contributed by atoms with E-state index < -0.39 is 5.41 Å². The fraction of sp³-hybridized carbons (Fsp3) is 0.263. The molecule has 5 nitrogen and oxygen atoms in total. The Morgan fingerprint density at radius 2 is 1.72 bits per heavy atom. The molecule has 3 rings (SSSR count). The van der Waals surface area contributed by atoms with E-state index in [9.17, 15) is 9.59 Å². The van der Waals surface area contributed by atoms with E-state index >= 15 is 0 Å². The average Bonchev–Trinajstić information content (AvgIpc) is 3.38. The van der Waals surface area contributed by atoms with Gasteiger partial charge in [0.1, 0.15) is 6.61 Å². The molecule has 0 unspecified atom stereocenters. The molecule has 2 aromatic carbocycles. The summed E-state index contributed by atoms with van der Waals surface area (Å²) in [7, 11) is 1.46. The van der Waals surface area contributed by atoms with Gasteiger partial charge in [0, 0.05) is 23.5 Å². The topological polar surface area (TPSA) is 67.4 Å². The average molecular weight is 359 g/mol. The molecule has 1 saturated carbocycles. The van der Waals surface area contributed by atoms with Crippen LogP contribution in [0.25, 0.3) is 0 Å². The quantitative estimate of drug-likeness (QED) is 0.829. The Balaban J connectivity index is 1.71. The monoisotopic (exact) mass is 358 g/mol. The third-order valence-corrected chi connectivity index (χ3v) is 4.51. The summed E-state index contributed by atoms with van der Waals surface area (Å²) in [5.74, 6) is -0.291. The molecule has 130 valence electrons. The molecule has 2 aromatic rings. The third-order valence-electron chi connectivity index (χ3n) is 4.26. The number of carbonyl (C=O) groups is 2. The summed E-state index contributed by atoms with van der Waals surface area (Å²) in [5.41, 5.74) is 1.73. The second-order valence-electron chi connectivity index (χ2n) is 6.11. The maximum Gasteiger partial charge on any atom is 0.250 e. The maximum absolute atomic E-state index is 12.8. The van der Waals surface area contributed by atoms with E-state index in [1.807, 2.05) is 12.1 Å². The van der Waals surface area contributed by atoms with E-state index in [1.54, 1.807) is 36.4 Å². The molecule has 1 aliphatic rings. The summed E-state index contributed by atoms with van der Waals surface area (Å²) in [4.78, 5) is 24.4. The first-order valence-corrected chi connectivity index (χ1v) is 8.38. The van der Waals surface area contributed by atoms with Crippen molar-refractivity contribution >= 4 is 34.8 Å². The van der Waals surface area contributed by atoms with Gasteiger partial charge in [-0.25, -0.2) is 0 Å². The van der Waals surface area contributed by atoms with Crippen LogP contribution in [-0.2, 0) is 19.7 Å². The van der Waals surface area contributed by atoms with Crippen LogP contribution in [0.2, 0.25) is 5.02 Å². The first kappa shape index (κ1) is 17.5. The zero-order valence-electron chi connectivity index (χ0n) is 13.8. The SMILES string of the molecule is COCC(=O)Nc1cccc(NC(=O)C2(c3ccc(Cl)cc3)CC2)c1. The van der Waals surface area contributed by atoms with E-state index in [-0.39, 0.29) is 18.4 Å². The number of ether oxygens (including phenoxy) is 1. The number of anilines is 2. The van der Waals surface area contributed by atoms with Crippen LogP contribution in [0.1, 0.15) is 18.4 Å². The van der Waals surface area contributed by atoms with Crippen molar-refractivity contribution in [2.45, 2.75) is 18.3 Å². The first-order valence-electron chi connectivity index (χ1n) is 8.00. The molecule has 0 aliphatic heterocycles. The van der Waals surface area contributed by atoms with E-state index in [2.05, 4.69) is 10.6 Å². The Bertz CT molecular complexity index is 786. The molecular formula is C19H19ClN2O3. The zero-order chi connectivity index (χ0) is 17.9. The Labute approximate surface area is 151 Å². The standard InChI is InChI=1S/C19H19ClN2O3/c1-25-12-17(23)21-15-3-2-4-16(11-15)22-18(24)19(9-10-19)13-5-7-14(20)8-6-13/h2-8,11H,9-10,12H2,1H3,(H,21,23)(H,22,24). The minimum absolute atomic E-state index is 0.0176. The third kappa shape index (κ3) is 4.00. The van der Waals surface area contributed by atoms with Crippen LogP contribution in [0.15, 0.2) is 48.5 Å². The van der Waals surface area contributed by atoms with Gasteiger partial charge in [0.2, 0.25) is 11.8 Å². The molecule has 0 bridgehead atoms. The molecule has 0 radical (unpaired) electrons. The van der Waals surface area contributed by atoms with Crippen molar-refractivity contribution in [3.8, 4) is 0 Å². The highest BCUT2D eigenvalue weighted by Crippen LogP contribution is 2.49. The molecular weight excluding hydrogens is 340 g/mol. The van der Waals surface area contributed by atoms with E-state index in [1.165, 1.54) is 7.11 Å². The summed E-state index contributed by atoms with van der Waals surface area (Å²) >= 11 is 5.93. The van der Waals surface area contributed by atoms with Crippen molar-refractivity contribution in [2.24, 2.45) is 0 Å². The van der Waals surface area contributed by atoms with Gasteiger partial charge < -0.3 is 15.4 Å². The van der Waals surface area contributed by atoms with Gasteiger partial charge in [0.15, 0.2) is 0 Å². The predicted octanol–water partition coefficient (Wildman–Crippen LogP) is 3.60. The maximum atomic E-state index is 12.8. The van der Waals surface area contributed by atoms with Gasteiger partial charge in [-0.05, 0) is 48.7 Å². The number of benzene rings is 2. The zero-order valence-corrected chi connectivity index (χ0v) is 14.6. The lowest BCUT2D eigenvalue weighted by atomic mass is 9.95. The molecule has 0 aromatic heterocycles. The van der Waals surface area contributed by atoms with Crippen LogP contribution >= 0.6 is 11.6 Å². The van der Waals surface area contributed by atoms with Crippen molar-refractivity contribution in [3.63, 3.8) is 0 Å². The number of nitrogens with one attached hydrogen (secondary N) is 2. The van der Waals surface area contributed by atoms with Crippen molar-refractivity contribution in [3.05, 3.63) is 59.1 Å². The minimum Gasteiger partial charge on any atom is -0.375 e. The molecule has 0 atom stereocenters. The smallest absolute Gasteiger partial charge is 0.250 e. The number of rotatable bonds is 6. The molecule has 25 heavy (non-hydrogen) atoms. The van der Waals surface area contributed by atoms with Crippen LogP contribution in [-0.4, -0.2) is 25.5 Å². The molecule has 6 heteroatoms. The molecule has 1 fully saturated rings. The van der Waals surface area contributed by atoms with Crippen molar-refractivity contribution in [2.75, 3.05) is 24.4 Å². The van der Waals surface area contributed by atoms with Crippen LogP contribution < -0.4 is 10.6 Å². The highest BCUT2D eigenvalue weighted by molar-refractivity contribution is 6.30. The van der Waals surface area contributed by atoms with Gasteiger partial charge in [0.05, 0.1) is 5.41 Å². The number of hydrogen-bond acceptors (Lipinski definition) is 3. The Hall–Kier alpha value is -2.37. The number of carbonyl (C=O) groups excluding carboxylic acids is 2. The summed E-state index contributed by atoms with van der Waals surface area (Å²) in [5, 5.41) is 6.32. The van der Waals surface area contributed by atoms with Crippen molar-refractivity contribution < 1.29 is 14.3 Å². The molecule has 1 aliphatic carbocycles. The second-order valence-corrected chi connectivity index (χ2v) is 6.54. The predicted molar refractivity (Wildman–Crippen MR) is 97.9 cm³/mol. The van der Waals surface area contributed by atoms with Gasteiger partial charge in [-0.1, -0.05) is 29.8 Å². The normalized spacial score (nSPS) is 14.6. The Morgan fingerprint density at radius 3 is 2.32 bits per heavy atom. The second kappa shape index (κ2) is 7.25. The van der Waals surface area contributed by atoms with Gasteiger partial charge in [-0.2, -0.15) is 0 Å². The van der Waals surface area contributed by atoms with Crippen LogP contribution in [0.4, 0.5) is 11.4 Å². The van der Waals surface area contributed by atoms with Gasteiger partial charge in [0.25, 0.3) is 0 Å². The van der Waals surface area contributed by atoms with Crippen LogP contribution in [0.5, 0.6) is 0 Å². The largest absolute Gasteiger partial charge is 0.375 e. The summed E-state index contributed by atoms with van der Waals surface area (Å²) < 4.78 is 4.79. The van der Waals surface area contributed by atoms with E-state index in [0.29, 0.717) is 16.4 Å². The number of hydrogen-bond donors (Lipinski definition) is 2. The fourth-order valence-electron chi connectivity index (χ4n) is 2.79. The number of methoxy groups -OCH3 is 1. The van der Waals surface area contributed by atoms with Crippen LogP contribution in [0.3, 0.4) is 0 Å². The first-order chi connectivity index (χ1) is 12.0. The Kier molecular flexibility index (Phi) is 5.06. The molecule has 0 saturated heterocycles. The van der Waals surface area contributed by atoms with E-state index in [4.69, 9.17) is 16.3 Å². The highest BCUT2D eigenvalue weighted by atomic mass is 35.5. The van der Waals surface area contributed by atoms with E-state index in [0.717, 1.165) is 18.4 Å². The van der Waals surface area contributed by atoms with Crippen molar-refractivity contribution in [1.82, 2.24) is 0 Å². The lowest BCUT2D eigenvalue weighted by Gasteiger charge is -2.16. The fourth-order valence-corrected chi connectivity index (χ4v) is 2.92. The lowest BCUT2D eigenvalue weighted by molar-refractivity contribution is -0.120. The van der Waals surface area contributed by atoms with Crippen LogP contribution in [0, 0.1) is 0 Å². The van der Waals surface area contributed by atoms with Gasteiger partial charge in [-0.15, -0.1) is 0 Å². The molecule has 0 spiro atoms. The Morgan fingerprint density at radius 1 is 1.08 bits per heavy atom. The van der Waals surface area contributed by atoms with Gasteiger partial charge >= 0.3 is 0 Å². The summed E-state index contributed by atoms with van der Waals surface area (Å²) in [6, 6.07) is 14.5. The number of halogens is 1. The molecule has 0 heterocycles. The van der Waals surface area contributed by atoms with Crippen molar-refractivity contribution in [1.29, 1.82) is 0 Å².